The zero-order chi connectivity index (χ0) is 10.3. The van der Waals surface area contributed by atoms with Gasteiger partial charge in [0.15, 0.2) is 0 Å². The highest BCUT2D eigenvalue weighted by molar-refractivity contribution is 14.1. The van der Waals surface area contributed by atoms with Crippen molar-refractivity contribution in [3.05, 3.63) is 46.5 Å². The Labute approximate surface area is 99.9 Å². The van der Waals surface area contributed by atoms with Gasteiger partial charge in [0.2, 0.25) is 0 Å². The van der Waals surface area contributed by atoms with E-state index in [0.717, 1.165) is 15.0 Å². The average molecular weight is 310 g/mol. The fourth-order valence-electron chi connectivity index (χ4n) is 1.54. The van der Waals surface area contributed by atoms with Crippen molar-refractivity contribution in [2.75, 3.05) is 0 Å². The van der Waals surface area contributed by atoms with Crippen LogP contribution in [0.15, 0.2) is 47.2 Å². The monoisotopic (exact) mass is 310 g/mol. The van der Waals surface area contributed by atoms with Gasteiger partial charge in [0.05, 0.1) is 0 Å². The predicted molar refractivity (Wildman–Crippen MR) is 65.6 cm³/mol. The van der Waals surface area contributed by atoms with Crippen LogP contribution in [-0.2, 0) is 0 Å². The molecule has 0 saturated carbocycles. The van der Waals surface area contributed by atoms with Gasteiger partial charge in [-0.05, 0) is 22.6 Å². The Kier molecular flexibility index (Phi) is 2.02. The van der Waals surface area contributed by atoms with E-state index >= 15 is 0 Å². The smallest absolute Gasteiger partial charge is 0.307 e. The Morgan fingerprint density at radius 1 is 1.20 bits per heavy atom. The summed E-state index contributed by atoms with van der Waals surface area (Å²) in [5, 5.41) is 0. The second-order valence-corrected chi connectivity index (χ2v) is 4.19. The number of hydrogen-bond acceptors (Lipinski definition) is 2. The van der Waals surface area contributed by atoms with Crippen LogP contribution in [0.25, 0.3) is 17.1 Å². The largest absolute Gasteiger partial charge is 0.432 e. The van der Waals surface area contributed by atoms with Crippen LogP contribution in [0.1, 0.15) is 0 Å². The summed E-state index contributed by atoms with van der Waals surface area (Å²) in [6.45, 7) is 0. The molecule has 0 aliphatic heterocycles. The van der Waals surface area contributed by atoms with Crippen LogP contribution in [0.2, 0.25) is 0 Å². The number of hydrogen-bond donors (Lipinski definition) is 0. The summed E-state index contributed by atoms with van der Waals surface area (Å²) in [6.07, 6.45) is 3.51. The summed E-state index contributed by atoms with van der Waals surface area (Å²) < 4.78 is 8.25. The Bertz CT molecular complexity index is 597. The van der Waals surface area contributed by atoms with Crippen LogP contribution >= 0.6 is 22.6 Å². The minimum atomic E-state index is 0.637. The van der Waals surface area contributed by atoms with Crippen molar-refractivity contribution in [2.45, 2.75) is 0 Å². The van der Waals surface area contributed by atoms with Gasteiger partial charge in [-0.15, -0.1) is 0 Å². The van der Waals surface area contributed by atoms with E-state index in [4.69, 9.17) is 4.42 Å². The maximum absolute atomic E-state index is 5.25. The molecular formula is C11H7IN2O. The molecule has 3 nitrogen and oxygen atoms in total. The highest BCUT2D eigenvalue weighted by Gasteiger charge is 2.12. The third-order valence-corrected chi connectivity index (χ3v) is 3.28. The van der Waals surface area contributed by atoms with Crippen molar-refractivity contribution in [1.82, 2.24) is 9.38 Å². The van der Waals surface area contributed by atoms with Gasteiger partial charge >= 0.3 is 5.84 Å². The summed E-state index contributed by atoms with van der Waals surface area (Å²) in [4.78, 5) is 4.43. The second kappa shape index (κ2) is 3.37. The van der Waals surface area contributed by atoms with Crippen molar-refractivity contribution in [1.29, 1.82) is 0 Å². The van der Waals surface area contributed by atoms with E-state index < -0.39 is 0 Å². The van der Waals surface area contributed by atoms with E-state index in [-0.39, 0.29) is 0 Å². The first-order valence-electron chi connectivity index (χ1n) is 4.53. The molecule has 2 heterocycles. The van der Waals surface area contributed by atoms with Crippen LogP contribution in [0.5, 0.6) is 0 Å². The molecule has 4 heteroatoms. The standard InChI is InChI=1S/C11H7IN2O/c12-10-9(8-4-2-1-3-5-8)13-11-14(10)6-7-15-11/h1-7H. The summed E-state index contributed by atoms with van der Waals surface area (Å²) in [6, 6.07) is 10.1. The molecule has 3 aromatic rings. The van der Waals surface area contributed by atoms with Crippen molar-refractivity contribution < 1.29 is 4.42 Å². The van der Waals surface area contributed by atoms with Crippen molar-refractivity contribution in [2.24, 2.45) is 0 Å². The molecule has 2 aromatic heterocycles. The van der Waals surface area contributed by atoms with Gasteiger partial charge in [-0.2, -0.15) is 4.98 Å². The summed E-state index contributed by atoms with van der Waals surface area (Å²) in [5.41, 5.74) is 2.08. The molecule has 0 aliphatic rings. The third kappa shape index (κ3) is 1.36. The Hall–Kier alpha value is -1.30. The molecular weight excluding hydrogens is 303 g/mol. The molecule has 0 amide bonds. The van der Waals surface area contributed by atoms with Crippen LogP contribution in [0, 0.1) is 3.70 Å². The molecule has 1 aromatic carbocycles. The molecule has 0 atom stereocenters. The van der Waals surface area contributed by atoms with Gasteiger partial charge in [0.1, 0.15) is 15.7 Å². The Morgan fingerprint density at radius 2 is 2.00 bits per heavy atom. The van der Waals surface area contributed by atoms with Gasteiger partial charge in [-0.1, -0.05) is 30.3 Å². The molecule has 15 heavy (non-hydrogen) atoms. The molecule has 0 spiro atoms. The lowest BCUT2D eigenvalue weighted by atomic mass is 10.2. The lowest BCUT2D eigenvalue weighted by Gasteiger charge is -1.95. The van der Waals surface area contributed by atoms with E-state index in [2.05, 4.69) is 27.6 Å². The van der Waals surface area contributed by atoms with E-state index in [1.54, 1.807) is 6.26 Å². The maximum atomic E-state index is 5.25. The second-order valence-electron chi connectivity index (χ2n) is 3.17. The van der Waals surface area contributed by atoms with Gasteiger partial charge in [0, 0.05) is 11.8 Å². The predicted octanol–water partition coefficient (Wildman–Crippen LogP) is 3.20. The third-order valence-electron chi connectivity index (χ3n) is 2.25. The van der Waals surface area contributed by atoms with E-state index in [0.29, 0.717) is 5.84 Å². The molecule has 0 aliphatic carbocycles. The fraction of sp³-hybridized carbons (Fsp3) is 0. The molecule has 3 rings (SSSR count). The molecule has 0 unspecified atom stereocenters. The lowest BCUT2D eigenvalue weighted by Crippen LogP contribution is -1.82. The highest BCUT2D eigenvalue weighted by atomic mass is 127. The highest BCUT2D eigenvalue weighted by Crippen LogP contribution is 2.25. The molecule has 0 bridgehead atoms. The topological polar surface area (TPSA) is 30.4 Å². The van der Waals surface area contributed by atoms with E-state index in [9.17, 15) is 0 Å². The molecule has 74 valence electrons. The zero-order valence-corrected chi connectivity index (χ0v) is 9.88. The van der Waals surface area contributed by atoms with Gasteiger partial charge < -0.3 is 4.42 Å². The van der Waals surface area contributed by atoms with E-state index in [1.165, 1.54) is 0 Å². The number of fused-ring (bicyclic) bond motifs is 1. The molecule has 0 N–H and O–H groups in total. The SMILES string of the molecule is Ic1c(-c2ccccc2)nc2occn12. The minimum absolute atomic E-state index is 0.637. The fourth-order valence-corrected chi connectivity index (χ4v) is 2.34. The number of imidazole rings is 1. The average Bonchev–Trinajstić information content (AvgIpc) is 2.83. The molecule has 0 radical (unpaired) electrons. The van der Waals surface area contributed by atoms with E-state index in [1.807, 2.05) is 40.9 Å². The first-order chi connectivity index (χ1) is 7.36. The quantitative estimate of drug-likeness (QED) is 0.646. The first kappa shape index (κ1) is 8.96. The van der Waals surface area contributed by atoms with Crippen molar-refractivity contribution in [3.63, 3.8) is 0 Å². The number of rotatable bonds is 1. The number of oxazole rings is 1. The van der Waals surface area contributed by atoms with Gasteiger partial charge in [-0.25, -0.2) is 0 Å². The molecule has 0 fully saturated rings. The summed E-state index contributed by atoms with van der Waals surface area (Å²) in [5.74, 6) is 0.637. The van der Waals surface area contributed by atoms with Crippen LogP contribution in [0.3, 0.4) is 0 Å². The maximum Gasteiger partial charge on any atom is 0.307 e. The molecule has 0 saturated heterocycles. The van der Waals surface area contributed by atoms with Crippen LogP contribution < -0.4 is 0 Å². The Morgan fingerprint density at radius 3 is 2.73 bits per heavy atom. The van der Waals surface area contributed by atoms with Gasteiger partial charge in [0.25, 0.3) is 0 Å². The van der Waals surface area contributed by atoms with Crippen molar-refractivity contribution in [3.8, 4) is 11.3 Å². The van der Waals surface area contributed by atoms with Crippen LogP contribution in [0.4, 0.5) is 0 Å². The first-order valence-corrected chi connectivity index (χ1v) is 5.60. The lowest BCUT2D eigenvalue weighted by molar-refractivity contribution is 0.596. The van der Waals surface area contributed by atoms with Crippen LogP contribution in [-0.4, -0.2) is 9.38 Å². The van der Waals surface area contributed by atoms with Gasteiger partial charge in [-0.3, -0.25) is 4.40 Å². The summed E-state index contributed by atoms with van der Waals surface area (Å²) >= 11 is 2.27. The zero-order valence-electron chi connectivity index (χ0n) is 7.72. The Balaban J connectivity index is 2.27. The summed E-state index contributed by atoms with van der Waals surface area (Å²) in [7, 11) is 0. The number of aromatic nitrogens is 2. The number of halogens is 1. The number of benzene rings is 1. The minimum Gasteiger partial charge on any atom is -0.432 e. The number of nitrogens with zero attached hydrogens (tertiary/aromatic N) is 2. The normalized spacial score (nSPS) is 11.0. The van der Waals surface area contributed by atoms with Crippen molar-refractivity contribution >= 4 is 28.4 Å².